The lowest BCUT2D eigenvalue weighted by atomic mass is 9.96. The highest BCUT2D eigenvalue weighted by Crippen LogP contribution is 2.25. The van der Waals surface area contributed by atoms with Crippen molar-refractivity contribution in [2.45, 2.75) is 45.6 Å². The van der Waals surface area contributed by atoms with Gasteiger partial charge in [0.2, 0.25) is 0 Å². The quantitative estimate of drug-likeness (QED) is 0.885. The maximum absolute atomic E-state index is 4.62. The summed E-state index contributed by atoms with van der Waals surface area (Å²) in [6.45, 7) is 5.00. The Balaban J connectivity index is 1.65. The summed E-state index contributed by atoms with van der Waals surface area (Å²) in [5, 5.41) is 7.02. The van der Waals surface area contributed by atoms with Gasteiger partial charge in [-0.25, -0.2) is 9.97 Å². The first-order valence-corrected chi connectivity index (χ1v) is 8.14. The van der Waals surface area contributed by atoms with E-state index in [1.54, 1.807) is 0 Å². The second kappa shape index (κ2) is 6.77. The van der Waals surface area contributed by atoms with Gasteiger partial charge in [-0.2, -0.15) is 0 Å². The van der Waals surface area contributed by atoms with E-state index in [4.69, 9.17) is 0 Å². The van der Waals surface area contributed by atoms with Crippen LogP contribution in [0.25, 0.3) is 0 Å². The van der Waals surface area contributed by atoms with E-state index in [0.29, 0.717) is 6.04 Å². The normalized spacial score (nSPS) is 15.0. The number of fused-ring (bicyclic) bond motifs is 1. The molecular weight excluding hydrogens is 272 g/mol. The van der Waals surface area contributed by atoms with Crippen LogP contribution in [-0.4, -0.2) is 22.6 Å². The number of hydrogen-bond acceptors (Lipinski definition) is 4. The van der Waals surface area contributed by atoms with Crippen LogP contribution < -0.4 is 10.6 Å². The minimum Gasteiger partial charge on any atom is -0.381 e. The number of anilines is 2. The summed E-state index contributed by atoms with van der Waals surface area (Å²) in [7, 11) is 0. The number of aromatic nitrogens is 2. The van der Waals surface area contributed by atoms with Gasteiger partial charge < -0.3 is 10.6 Å². The number of aryl methyl sites for hydroxylation is 2. The molecule has 0 aliphatic heterocycles. The first-order chi connectivity index (χ1) is 10.7. The summed E-state index contributed by atoms with van der Waals surface area (Å²) in [5.41, 5.74) is 3.71. The largest absolute Gasteiger partial charge is 0.381 e. The summed E-state index contributed by atoms with van der Waals surface area (Å²) >= 11 is 0. The van der Waals surface area contributed by atoms with Crippen LogP contribution in [0.5, 0.6) is 0 Å². The van der Waals surface area contributed by atoms with Gasteiger partial charge in [0.05, 0.1) is 0 Å². The van der Waals surface area contributed by atoms with Gasteiger partial charge in [0.1, 0.15) is 11.6 Å². The van der Waals surface area contributed by atoms with Crippen LogP contribution in [0.4, 0.5) is 11.5 Å². The molecule has 22 heavy (non-hydrogen) atoms. The molecule has 1 atom stereocenters. The Labute approximate surface area is 132 Å². The number of para-hydroxylation sites is 1. The van der Waals surface area contributed by atoms with Crippen molar-refractivity contribution in [2.24, 2.45) is 0 Å². The third-order valence-electron chi connectivity index (χ3n) is 4.06. The Morgan fingerprint density at radius 2 is 1.86 bits per heavy atom. The van der Waals surface area contributed by atoms with Crippen molar-refractivity contribution in [3.05, 3.63) is 47.4 Å². The molecule has 2 N–H and O–H groups in total. The van der Waals surface area contributed by atoms with E-state index in [0.717, 1.165) is 36.7 Å². The van der Waals surface area contributed by atoms with Crippen LogP contribution in [0.2, 0.25) is 0 Å². The average molecular weight is 296 g/mol. The van der Waals surface area contributed by atoms with Crippen molar-refractivity contribution in [2.75, 3.05) is 17.2 Å². The van der Waals surface area contributed by atoms with Gasteiger partial charge in [-0.1, -0.05) is 18.2 Å². The van der Waals surface area contributed by atoms with Crippen molar-refractivity contribution < 1.29 is 0 Å². The summed E-state index contributed by atoms with van der Waals surface area (Å²) < 4.78 is 0. The summed E-state index contributed by atoms with van der Waals surface area (Å²) in [4.78, 5) is 9.22. The Hall–Kier alpha value is -2.10. The molecule has 1 heterocycles. The standard InChI is InChI=1S/C18H24N4/c1-13(20-15-8-4-3-5-9-15)12-19-18-16-10-6-7-11-17(16)21-14(2)22-18/h3-5,8-9,13,20H,6-7,10-12H2,1-2H3,(H,19,21,22). The van der Waals surface area contributed by atoms with Crippen LogP contribution in [0, 0.1) is 6.92 Å². The number of rotatable bonds is 5. The molecule has 4 heteroatoms. The van der Waals surface area contributed by atoms with Crippen molar-refractivity contribution >= 4 is 11.5 Å². The molecule has 1 unspecified atom stereocenters. The number of nitrogens with zero attached hydrogens (tertiary/aromatic N) is 2. The van der Waals surface area contributed by atoms with E-state index in [2.05, 4.69) is 39.7 Å². The molecule has 0 bridgehead atoms. The van der Waals surface area contributed by atoms with Gasteiger partial charge in [0, 0.05) is 29.5 Å². The Morgan fingerprint density at radius 3 is 2.68 bits per heavy atom. The fraction of sp³-hybridized carbons (Fsp3) is 0.444. The van der Waals surface area contributed by atoms with Gasteiger partial charge in [-0.15, -0.1) is 0 Å². The number of hydrogen-bond donors (Lipinski definition) is 2. The Bertz CT molecular complexity index is 624. The molecule has 3 rings (SSSR count). The molecule has 0 saturated heterocycles. The second-order valence-corrected chi connectivity index (χ2v) is 6.04. The van der Waals surface area contributed by atoms with Gasteiger partial charge in [0.25, 0.3) is 0 Å². The lowest BCUT2D eigenvalue weighted by Crippen LogP contribution is -2.26. The van der Waals surface area contributed by atoms with Gasteiger partial charge in [-0.3, -0.25) is 0 Å². The molecule has 4 nitrogen and oxygen atoms in total. The third kappa shape index (κ3) is 3.56. The molecular formula is C18H24N4. The number of benzene rings is 1. The fourth-order valence-corrected chi connectivity index (χ4v) is 2.98. The third-order valence-corrected chi connectivity index (χ3v) is 4.06. The van der Waals surface area contributed by atoms with Gasteiger partial charge in [-0.05, 0) is 51.7 Å². The topological polar surface area (TPSA) is 49.8 Å². The highest BCUT2D eigenvalue weighted by molar-refractivity contribution is 5.49. The van der Waals surface area contributed by atoms with Gasteiger partial charge in [0.15, 0.2) is 0 Å². The monoisotopic (exact) mass is 296 g/mol. The molecule has 0 radical (unpaired) electrons. The molecule has 2 aromatic rings. The Kier molecular flexibility index (Phi) is 4.56. The van der Waals surface area contributed by atoms with E-state index in [-0.39, 0.29) is 0 Å². The smallest absolute Gasteiger partial charge is 0.133 e. The zero-order valence-corrected chi connectivity index (χ0v) is 13.4. The molecule has 1 aromatic heterocycles. The lowest BCUT2D eigenvalue weighted by molar-refractivity contribution is 0.658. The van der Waals surface area contributed by atoms with Crippen LogP contribution >= 0.6 is 0 Å². The highest BCUT2D eigenvalue weighted by atomic mass is 15.1. The SMILES string of the molecule is Cc1nc2c(c(NCC(C)Nc3ccccc3)n1)CCCC2. The van der Waals surface area contributed by atoms with Crippen molar-refractivity contribution in [1.82, 2.24) is 9.97 Å². The molecule has 1 aromatic carbocycles. The minimum atomic E-state index is 0.330. The van der Waals surface area contributed by atoms with Gasteiger partial charge >= 0.3 is 0 Å². The van der Waals surface area contributed by atoms with Crippen molar-refractivity contribution in [1.29, 1.82) is 0 Å². The highest BCUT2D eigenvalue weighted by Gasteiger charge is 2.17. The number of nitrogens with one attached hydrogen (secondary N) is 2. The second-order valence-electron chi connectivity index (χ2n) is 6.04. The van der Waals surface area contributed by atoms with E-state index < -0.39 is 0 Å². The predicted octanol–water partition coefficient (Wildman–Crippen LogP) is 3.58. The van der Waals surface area contributed by atoms with Crippen LogP contribution in [0.3, 0.4) is 0 Å². The minimum absolute atomic E-state index is 0.330. The van der Waals surface area contributed by atoms with E-state index >= 15 is 0 Å². The maximum Gasteiger partial charge on any atom is 0.133 e. The zero-order chi connectivity index (χ0) is 15.4. The van der Waals surface area contributed by atoms with Crippen LogP contribution in [0.15, 0.2) is 30.3 Å². The Morgan fingerprint density at radius 1 is 1.09 bits per heavy atom. The van der Waals surface area contributed by atoms with E-state index in [1.807, 2.05) is 25.1 Å². The van der Waals surface area contributed by atoms with Crippen molar-refractivity contribution in [3.8, 4) is 0 Å². The average Bonchev–Trinajstić information content (AvgIpc) is 2.53. The molecule has 1 aliphatic carbocycles. The molecule has 116 valence electrons. The molecule has 0 amide bonds. The van der Waals surface area contributed by atoms with Crippen LogP contribution in [0.1, 0.15) is 36.8 Å². The summed E-state index contributed by atoms with van der Waals surface area (Å²) in [5.74, 6) is 1.90. The molecule has 1 aliphatic rings. The van der Waals surface area contributed by atoms with E-state index in [9.17, 15) is 0 Å². The maximum atomic E-state index is 4.62. The summed E-state index contributed by atoms with van der Waals surface area (Å²) in [6, 6.07) is 10.6. The molecule has 0 spiro atoms. The summed E-state index contributed by atoms with van der Waals surface area (Å²) in [6.07, 6.45) is 4.67. The molecule has 0 saturated carbocycles. The fourth-order valence-electron chi connectivity index (χ4n) is 2.98. The lowest BCUT2D eigenvalue weighted by Gasteiger charge is -2.21. The molecule has 0 fully saturated rings. The zero-order valence-electron chi connectivity index (χ0n) is 13.4. The first kappa shape index (κ1) is 14.8. The van der Waals surface area contributed by atoms with E-state index in [1.165, 1.54) is 24.1 Å². The van der Waals surface area contributed by atoms with Crippen molar-refractivity contribution in [3.63, 3.8) is 0 Å². The van der Waals surface area contributed by atoms with Crippen LogP contribution in [-0.2, 0) is 12.8 Å². The predicted molar refractivity (Wildman–Crippen MR) is 91.4 cm³/mol. The first-order valence-electron chi connectivity index (χ1n) is 8.14.